The lowest BCUT2D eigenvalue weighted by molar-refractivity contribution is 1.45. The number of benzene rings is 4. The lowest BCUT2D eigenvalue weighted by atomic mass is 10.1. The van der Waals surface area contributed by atoms with E-state index in [9.17, 15) is 0 Å². The van der Waals surface area contributed by atoms with Gasteiger partial charge in [0.1, 0.15) is 0 Å². The standard InChI is InChI=1S/C26H14N4/c27-15-17-7-11-20(12-8-17)29-25-22-5-1-3-19-4-2-6-23(24(19)22)26(25)30-21-13-9-18(16-28)10-14-21/h1-14H. The smallest absolute Gasteiger partial charge is 0.0991 e. The predicted octanol–water partition coefficient (Wildman–Crippen LogP) is 5.84. The van der Waals surface area contributed by atoms with E-state index in [1.807, 2.05) is 36.4 Å². The van der Waals surface area contributed by atoms with Crippen molar-refractivity contribution in [2.45, 2.75) is 0 Å². The molecule has 1 aliphatic rings. The average molecular weight is 382 g/mol. The number of nitriles is 2. The molecule has 0 aromatic heterocycles. The minimum absolute atomic E-state index is 0.599. The van der Waals surface area contributed by atoms with E-state index in [-0.39, 0.29) is 0 Å². The molecule has 0 amide bonds. The van der Waals surface area contributed by atoms with Crippen LogP contribution in [0.1, 0.15) is 22.3 Å². The topological polar surface area (TPSA) is 72.3 Å². The second-order valence-electron chi connectivity index (χ2n) is 6.95. The zero-order valence-electron chi connectivity index (χ0n) is 15.9. The van der Waals surface area contributed by atoms with Gasteiger partial charge in [-0.25, -0.2) is 9.98 Å². The largest absolute Gasteiger partial charge is 0.246 e. The molecule has 0 saturated heterocycles. The summed E-state index contributed by atoms with van der Waals surface area (Å²) in [6, 6.07) is 31.1. The highest BCUT2D eigenvalue weighted by molar-refractivity contribution is 6.61. The fourth-order valence-electron chi connectivity index (χ4n) is 3.70. The molecule has 0 atom stereocenters. The van der Waals surface area contributed by atoms with Crippen LogP contribution in [0.15, 0.2) is 94.9 Å². The Kier molecular flexibility index (Phi) is 4.17. The molecule has 0 bridgehead atoms. The molecule has 4 aromatic rings. The molecule has 0 fully saturated rings. The quantitative estimate of drug-likeness (QED) is 0.437. The Hall–Kier alpha value is -4.54. The van der Waals surface area contributed by atoms with E-state index < -0.39 is 0 Å². The maximum atomic E-state index is 9.05. The minimum atomic E-state index is 0.599. The van der Waals surface area contributed by atoms with Crippen LogP contribution in [0.25, 0.3) is 10.8 Å². The molecule has 0 N–H and O–H groups in total. The van der Waals surface area contributed by atoms with Crippen molar-refractivity contribution in [1.29, 1.82) is 10.5 Å². The number of hydrogen-bond donors (Lipinski definition) is 0. The van der Waals surface area contributed by atoms with Crippen LogP contribution in [0.4, 0.5) is 11.4 Å². The summed E-state index contributed by atoms with van der Waals surface area (Å²) in [5.74, 6) is 0. The fraction of sp³-hybridized carbons (Fsp3) is 0. The molecule has 1 aliphatic carbocycles. The van der Waals surface area contributed by atoms with Gasteiger partial charge in [-0.1, -0.05) is 36.4 Å². The van der Waals surface area contributed by atoms with E-state index in [4.69, 9.17) is 20.5 Å². The summed E-state index contributed by atoms with van der Waals surface area (Å²) in [5.41, 5.74) is 6.42. The summed E-state index contributed by atoms with van der Waals surface area (Å²) >= 11 is 0. The normalized spacial score (nSPS) is 14.7. The maximum absolute atomic E-state index is 9.05. The summed E-state index contributed by atoms with van der Waals surface area (Å²) in [5, 5.41) is 20.4. The third kappa shape index (κ3) is 2.94. The Bertz CT molecular complexity index is 1320. The Morgan fingerprint density at radius 2 is 0.967 bits per heavy atom. The van der Waals surface area contributed by atoms with Gasteiger partial charge >= 0.3 is 0 Å². The van der Waals surface area contributed by atoms with Gasteiger partial charge < -0.3 is 0 Å². The van der Waals surface area contributed by atoms with Crippen LogP contribution in [0.2, 0.25) is 0 Å². The molecule has 0 spiro atoms. The summed E-state index contributed by atoms with van der Waals surface area (Å²) in [4.78, 5) is 9.82. The molecular weight excluding hydrogens is 368 g/mol. The van der Waals surface area contributed by atoms with Crippen LogP contribution >= 0.6 is 0 Å². The Balaban J connectivity index is 1.72. The lowest BCUT2D eigenvalue weighted by Gasteiger charge is -2.04. The molecule has 5 rings (SSSR count). The van der Waals surface area contributed by atoms with Gasteiger partial charge in [0.15, 0.2) is 0 Å². The van der Waals surface area contributed by atoms with Gasteiger partial charge in [-0.05, 0) is 53.9 Å². The van der Waals surface area contributed by atoms with Gasteiger partial charge in [0.2, 0.25) is 0 Å². The van der Waals surface area contributed by atoms with Crippen molar-refractivity contribution in [3.63, 3.8) is 0 Å². The van der Waals surface area contributed by atoms with E-state index in [0.29, 0.717) is 11.1 Å². The van der Waals surface area contributed by atoms with Crippen LogP contribution < -0.4 is 0 Å². The monoisotopic (exact) mass is 382 g/mol. The minimum Gasteiger partial charge on any atom is -0.246 e. The van der Waals surface area contributed by atoms with Crippen LogP contribution in [0.3, 0.4) is 0 Å². The van der Waals surface area contributed by atoms with Crippen molar-refractivity contribution in [2.24, 2.45) is 9.98 Å². The summed E-state index contributed by atoms with van der Waals surface area (Å²) in [7, 11) is 0. The first-order valence-electron chi connectivity index (χ1n) is 9.47. The van der Waals surface area contributed by atoms with Crippen molar-refractivity contribution < 1.29 is 0 Å². The van der Waals surface area contributed by atoms with E-state index in [2.05, 4.69) is 36.4 Å². The highest BCUT2D eigenvalue weighted by Crippen LogP contribution is 2.34. The summed E-state index contributed by atoms with van der Waals surface area (Å²) in [6.45, 7) is 0. The first kappa shape index (κ1) is 17.6. The molecule has 138 valence electrons. The summed E-state index contributed by atoms with van der Waals surface area (Å²) < 4.78 is 0. The SMILES string of the molecule is N#Cc1ccc(N=C2C(=Nc3ccc(C#N)cc3)c3cccc4cccc2c34)cc1. The number of hydrogen-bond acceptors (Lipinski definition) is 4. The second-order valence-corrected chi connectivity index (χ2v) is 6.95. The van der Waals surface area contributed by atoms with Crippen molar-refractivity contribution in [1.82, 2.24) is 0 Å². The van der Waals surface area contributed by atoms with Crippen LogP contribution in [-0.4, -0.2) is 11.4 Å². The Morgan fingerprint density at radius 3 is 1.37 bits per heavy atom. The van der Waals surface area contributed by atoms with Gasteiger partial charge in [0.05, 0.1) is 46.1 Å². The van der Waals surface area contributed by atoms with Crippen molar-refractivity contribution in [3.05, 3.63) is 107 Å². The van der Waals surface area contributed by atoms with Crippen LogP contribution in [-0.2, 0) is 0 Å². The van der Waals surface area contributed by atoms with E-state index >= 15 is 0 Å². The summed E-state index contributed by atoms with van der Waals surface area (Å²) in [6.07, 6.45) is 0. The van der Waals surface area contributed by atoms with Gasteiger partial charge in [-0.15, -0.1) is 0 Å². The Morgan fingerprint density at radius 1 is 0.533 bits per heavy atom. The molecular formula is C26H14N4. The van der Waals surface area contributed by atoms with Crippen molar-refractivity contribution in [3.8, 4) is 12.1 Å². The van der Waals surface area contributed by atoms with E-state index in [1.54, 1.807) is 24.3 Å². The van der Waals surface area contributed by atoms with Gasteiger partial charge in [-0.2, -0.15) is 10.5 Å². The predicted molar refractivity (Wildman–Crippen MR) is 119 cm³/mol. The number of rotatable bonds is 2. The zero-order valence-corrected chi connectivity index (χ0v) is 15.9. The molecule has 0 aliphatic heterocycles. The van der Waals surface area contributed by atoms with Crippen LogP contribution in [0.5, 0.6) is 0 Å². The average Bonchev–Trinajstić information content (AvgIpc) is 3.09. The molecule has 4 nitrogen and oxygen atoms in total. The first-order chi connectivity index (χ1) is 14.8. The van der Waals surface area contributed by atoms with Gasteiger partial charge in [-0.3, -0.25) is 0 Å². The third-order valence-corrected chi connectivity index (χ3v) is 5.11. The van der Waals surface area contributed by atoms with Crippen molar-refractivity contribution >= 4 is 33.6 Å². The molecule has 0 unspecified atom stereocenters. The Labute approximate surface area is 173 Å². The van der Waals surface area contributed by atoms with E-state index in [1.165, 1.54) is 0 Å². The fourth-order valence-corrected chi connectivity index (χ4v) is 3.70. The van der Waals surface area contributed by atoms with Gasteiger partial charge in [0, 0.05) is 16.5 Å². The first-order valence-corrected chi connectivity index (χ1v) is 9.47. The van der Waals surface area contributed by atoms with Crippen LogP contribution in [0, 0.1) is 22.7 Å². The second kappa shape index (κ2) is 7.13. The highest BCUT2D eigenvalue weighted by Gasteiger charge is 2.27. The molecule has 4 heteroatoms. The number of aliphatic imine (C=N–C) groups is 2. The third-order valence-electron chi connectivity index (χ3n) is 5.11. The van der Waals surface area contributed by atoms with Crippen molar-refractivity contribution in [2.75, 3.05) is 0 Å². The van der Waals surface area contributed by atoms with Gasteiger partial charge in [0.25, 0.3) is 0 Å². The zero-order chi connectivity index (χ0) is 20.5. The van der Waals surface area contributed by atoms with E-state index in [0.717, 1.165) is 44.7 Å². The molecule has 0 heterocycles. The molecule has 0 radical (unpaired) electrons. The number of nitrogens with zero attached hydrogens (tertiary/aromatic N) is 4. The molecule has 0 saturated carbocycles. The lowest BCUT2D eigenvalue weighted by Crippen LogP contribution is -2.10. The molecule has 4 aromatic carbocycles. The molecule has 30 heavy (non-hydrogen) atoms. The maximum Gasteiger partial charge on any atom is 0.0991 e. The highest BCUT2D eigenvalue weighted by atomic mass is 14.8.